The van der Waals surface area contributed by atoms with E-state index in [0.29, 0.717) is 17.9 Å². The Labute approximate surface area is 135 Å². The first-order chi connectivity index (χ1) is 9.60. The molecule has 0 bridgehead atoms. The van der Waals surface area contributed by atoms with Crippen molar-refractivity contribution in [1.82, 2.24) is 15.1 Å². The van der Waals surface area contributed by atoms with Crippen LogP contribution in [0.2, 0.25) is 0 Å². The molecule has 0 aliphatic carbocycles. The summed E-state index contributed by atoms with van der Waals surface area (Å²) in [5.74, 6) is 1.04. The molecule has 1 N–H and O–H groups in total. The van der Waals surface area contributed by atoms with Crippen molar-refractivity contribution in [1.29, 1.82) is 0 Å². The van der Waals surface area contributed by atoms with Crippen molar-refractivity contribution in [2.45, 2.75) is 57.0 Å². The molecule has 3 aliphatic heterocycles. The second-order valence-corrected chi connectivity index (χ2v) is 7.21. The molecule has 122 valence electrons. The first kappa shape index (κ1) is 17.0. The Morgan fingerprint density at radius 3 is 2.71 bits per heavy atom. The third-order valence-electron chi connectivity index (χ3n) is 5.72. The number of hydrogen-bond donors (Lipinski definition) is 1. The number of amides is 1. The van der Waals surface area contributed by atoms with Crippen molar-refractivity contribution in [3.05, 3.63) is 0 Å². The first-order valence-electron chi connectivity index (χ1n) is 8.35. The van der Waals surface area contributed by atoms with E-state index in [2.05, 4.69) is 29.1 Å². The molecule has 0 spiro atoms. The summed E-state index contributed by atoms with van der Waals surface area (Å²) in [6.45, 7) is 6.25. The number of halogens is 1. The van der Waals surface area contributed by atoms with Crippen LogP contribution in [0.4, 0.5) is 0 Å². The Morgan fingerprint density at radius 2 is 2.00 bits per heavy atom. The van der Waals surface area contributed by atoms with E-state index in [4.69, 9.17) is 0 Å². The van der Waals surface area contributed by atoms with Crippen molar-refractivity contribution in [3.63, 3.8) is 0 Å². The van der Waals surface area contributed by atoms with Gasteiger partial charge in [0.1, 0.15) is 0 Å². The third kappa shape index (κ3) is 3.38. The number of nitrogens with zero attached hydrogens (tertiary/aromatic N) is 2. The molecule has 21 heavy (non-hydrogen) atoms. The normalized spacial score (nSPS) is 37.5. The van der Waals surface area contributed by atoms with Gasteiger partial charge in [0.05, 0.1) is 5.54 Å². The van der Waals surface area contributed by atoms with Crippen molar-refractivity contribution in [2.75, 3.05) is 33.2 Å². The molecule has 3 saturated heterocycles. The molecule has 1 amide bonds. The zero-order valence-corrected chi connectivity index (χ0v) is 14.3. The highest BCUT2D eigenvalue weighted by atomic mass is 35.5. The lowest BCUT2D eigenvalue weighted by molar-refractivity contribution is -0.142. The van der Waals surface area contributed by atoms with Crippen LogP contribution < -0.4 is 5.32 Å². The standard InChI is InChI=1S/C16H29N3O.ClH/c1-16(8-3-4-9-17-16)15(20)19-11-7-14-13(12-19)6-5-10-18(14)2;/h13-14,17H,3-12H2,1-2H3;1H. The minimum atomic E-state index is -0.300. The fourth-order valence-corrected chi connectivity index (χ4v) is 4.42. The average molecular weight is 316 g/mol. The van der Waals surface area contributed by atoms with Gasteiger partial charge in [-0.3, -0.25) is 4.79 Å². The Kier molecular flexibility index (Phi) is 5.55. The number of nitrogens with one attached hydrogen (secondary N) is 1. The summed E-state index contributed by atoms with van der Waals surface area (Å²) in [6.07, 6.45) is 7.12. The van der Waals surface area contributed by atoms with Gasteiger partial charge in [0.25, 0.3) is 0 Å². The topological polar surface area (TPSA) is 35.6 Å². The molecule has 3 aliphatic rings. The van der Waals surface area contributed by atoms with Gasteiger partial charge in [0.2, 0.25) is 5.91 Å². The van der Waals surface area contributed by atoms with E-state index in [1.165, 1.54) is 32.2 Å². The molecule has 5 heteroatoms. The largest absolute Gasteiger partial charge is 0.341 e. The van der Waals surface area contributed by atoms with Gasteiger partial charge in [-0.2, -0.15) is 0 Å². The van der Waals surface area contributed by atoms with Crippen LogP contribution in [-0.4, -0.2) is 60.5 Å². The lowest BCUT2D eigenvalue weighted by Gasteiger charge is -2.48. The maximum absolute atomic E-state index is 12.9. The predicted molar refractivity (Wildman–Crippen MR) is 87.8 cm³/mol. The van der Waals surface area contributed by atoms with E-state index < -0.39 is 0 Å². The Bertz CT molecular complexity index is 371. The Hall–Kier alpha value is -0.320. The molecule has 3 heterocycles. The number of piperidine rings is 3. The van der Waals surface area contributed by atoms with Crippen LogP contribution in [0.3, 0.4) is 0 Å². The number of hydrogen-bond acceptors (Lipinski definition) is 3. The van der Waals surface area contributed by atoms with Crippen molar-refractivity contribution >= 4 is 18.3 Å². The summed E-state index contributed by atoms with van der Waals surface area (Å²) in [7, 11) is 2.25. The maximum Gasteiger partial charge on any atom is 0.242 e. The smallest absolute Gasteiger partial charge is 0.242 e. The van der Waals surface area contributed by atoms with Gasteiger partial charge in [-0.1, -0.05) is 0 Å². The molecular formula is C16H30ClN3O. The van der Waals surface area contributed by atoms with Gasteiger partial charge >= 0.3 is 0 Å². The minimum Gasteiger partial charge on any atom is -0.341 e. The van der Waals surface area contributed by atoms with Gasteiger partial charge in [-0.25, -0.2) is 0 Å². The number of rotatable bonds is 1. The van der Waals surface area contributed by atoms with Gasteiger partial charge in [0.15, 0.2) is 0 Å². The second kappa shape index (κ2) is 6.84. The van der Waals surface area contributed by atoms with Crippen molar-refractivity contribution in [2.24, 2.45) is 5.92 Å². The van der Waals surface area contributed by atoms with Crippen LogP contribution in [0.1, 0.15) is 45.4 Å². The van der Waals surface area contributed by atoms with E-state index in [0.717, 1.165) is 32.5 Å². The quantitative estimate of drug-likeness (QED) is 0.802. The summed E-state index contributed by atoms with van der Waals surface area (Å²) < 4.78 is 0. The number of carbonyl (C=O) groups is 1. The maximum atomic E-state index is 12.9. The molecule has 4 nitrogen and oxygen atoms in total. The van der Waals surface area contributed by atoms with E-state index in [9.17, 15) is 4.79 Å². The van der Waals surface area contributed by atoms with Crippen LogP contribution in [-0.2, 0) is 4.79 Å². The van der Waals surface area contributed by atoms with E-state index >= 15 is 0 Å². The molecule has 3 atom stereocenters. The van der Waals surface area contributed by atoms with E-state index in [1.54, 1.807) is 0 Å². The van der Waals surface area contributed by atoms with Crippen LogP contribution in [0.15, 0.2) is 0 Å². The summed E-state index contributed by atoms with van der Waals surface area (Å²) in [6, 6.07) is 0.708. The fraction of sp³-hybridized carbons (Fsp3) is 0.938. The first-order valence-corrected chi connectivity index (χ1v) is 8.35. The van der Waals surface area contributed by atoms with Gasteiger partial charge in [-0.05, 0) is 71.5 Å². The van der Waals surface area contributed by atoms with Gasteiger partial charge in [0, 0.05) is 19.1 Å². The number of likely N-dealkylation sites (tertiary alicyclic amines) is 2. The van der Waals surface area contributed by atoms with Crippen LogP contribution in [0, 0.1) is 5.92 Å². The summed E-state index contributed by atoms with van der Waals surface area (Å²) >= 11 is 0. The molecular weight excluding hydrogens is 286 g/mol. The minimum absolute atomic E-state index is 0. The SMILES string of the molecule is CN1CCCC2CN(C(=O)C3(C)CCCCN3)CCC21.Cl. The zero-order valence-electron chi connectivity index (χ0n) is 13.4. The summed E-state index contributed by atoms with van der Waals surface area (Å²) in [4.78, 5) is 17.5. The lowest BCUT2D eigenvalue weighted by atomic mass is 9.82. The van der Waals surface area contributed by atoms with E-state index in [-0.39, 0.29) is 17.9 Å². The van der Waals surface area contributed by atoms with Crippen LogP contribution in [0.25, 0.3) is 0 Å². The van der Waals surface area contributed by atoms with Crippen LogP contribution >= 0.6 is 12.4 Å². The highest BCUT2D eigenvalue weighted by Gasteiger charge is 2.42. The highest BCUT2D eigenvalue weighted by molar-refractivity contribution is 5.86. The third-order valence-corrected chi connectivity index (χ3v) is 5.72. The molecule has 0 aromatic rings. The monoisotopic (exact) mass is 315 g/mol. The molecule has 0 radical (unpaired) electrons. The van der Waals surface area contributed by atoms with Crippen molar-refractivity contribution in [3.8, 4) is 0 Å². The Morgan fingerprint density at radius 1 is 1.19 bits per heavy atom. The molecule has 3 rings (SSSR count). The molecule has 0 aromatic heterocycles. The van der Waals surface area contributed by atoms with Crippen LogP contribution in [0.5, 0.6) is 0 Å². The zero-order chi connectivity index (χ0) is 14.2. The Balaban J connectivity index is 0.00000161. The summed E-state index contributed by atoms with van der Waals surface area (Å²) in [5.41, 5.74) is -0.300. The molecule has 0 aromatic carbocycles. The van der Waals surface area contributed by atoms with E-state index in [1.807, 2.05) is 0 Å². The van der Waals surface area contributed by atoms with Crippen molar-refractivity contribution < 1.29 is 4.79 Å². The fourth-order valence-electron chi connectivity index (χ4n) is 4.42. The number of fused-ring (bicyclic) bond motifs is 1. The molecule has 3 unspecified atom stereocenters. The number of carbonyl (C=O) groups excluding carboxylic acids is 1. The molecule has 0 saturated carbocycles. The van der Waals surface area contributed by atoms with Gasteiger partial charge in [-0.15, -0.1) is 12.4 Å². The lowest BCUT2D eigenvalue weighted by Crippen LogP contribution is -2.62. The average Bonchev–Trinajstić information content (AvgIpc) is 2.47. The summed E-state index contributed by atoms with van der Waals surface area (Å²) in [5, 5.41) is 3.47. The highest BCUT2D eigenvalue weighted by Crippen LogP contribution is 2.31. The second-order valence-electron chi connectivity index (χ2n) is 7.21. The predicted octanol–water partition coefficient (Wildman–Crippen LogP) is 1.88. The molecule has 3 fully saturated rings. The van der Waals surface area contributed by atoms with Gasteiger partial charge < -0.3 is 15.1 Å².